The Balaban J connectivity index is 1.39. The van der Waals surface area contributed by atoms with Crippen LogP contribution in [0, 0.1) is 18.8 Å². The summed E-state index contributed by atoms with van der Waals surface area (Å²) in [6.45, 7) is 10.6. The molecule has 3 heterocycles. The Morgan fingerprint density at radius 1 is 1.16 bits per heavy atom. The number of nitrogens with zero attached hydrogens (tertiary/aromatic N) is 4. The normalized spacial score (nSPS) is 19.9. The molecule has 2 atom stereocenters. The number of carbonyl (C=O) groups excluding carboxylic acids is 2. The van der Waals surface area contributed by atoms with Gasteiger partial charge in [0.05, 0.1) is 34.9 Å². The van der Waals surface area contributed by atoms with Crippen molar-refractivity contribution in [3.63, 3.8) is 0 Å². The molecular formula is C26H35N5O5S. The van der Waals surface area contributed by atoms with E-state index in [0.29, 0.717) is 43.1 Å². The Hall–Kier alpha value is -3.21. The quantitative estimate of drug-likeness (QED) is 0.632. The van der Waals surface area contributed by atoms with Gasteiger partial charge in [0.25, 0.3) is 10.0 Å². The summed E-state index contributed by atoms with van der Waals surface area (Å²) in [6.07, 6.45) is 2.24. The molecular weight excluding hydrogens is 494 g/mol. The van der Waals surface area contributed by atoms with Gasteiger partial charge in [-0.2, -0.15) is 0 Å². The number of likely N-dealkylation sites (tertiary alicyclic amines) is 1. The second-order valence-corrected chi connectivity index (χ2v) is 12.7. The molecule has 1 N–H and O–H groups in total. The van der Waals surface area contributed by atoms with Crippen molar-refractivity contribution >= 4 is 27.8 Å². The molecule has 0 radical (unpaired) electrons. The lowest BCUT2D eigenvalue weighted by atomic mass is 9.86. The first kappa shape index (κ1) is 26.8. The predicted molar refractivity (Wildman–Crippen MR) is 138 cm³/mol. The summed E-state index contributed by atoms with van der Waals surface area (Å²) in [6, 6.07) is 6.72. The molecule has 2 unspecified atom stereocenters. The third kappa shape index (κ3) is 6.03. The van der Waals surface area contributed by atoms with Gasteiger partial charge in [0.15, 0.2) is 5.82 Å². The summed E-state index contributed by atoms with van der Waals surface area (Å²) in [7, 11) is -3.73. The van der Waals surface area contributed by atoms with Crippen molar-refractivity contribution in [1.82, 2.24) is 20.2 Å². The SMILES string of the molecule is Cc1ccc(S(=O)(=O)N2CCc3nc(CNC(=O)C4CN(C(=O)OC(C)(C)C)CCC4C)cnc32)cc1. The smallest absolute Gasteiger partial charge is 0.410 e. The lowest BCUT2D eigenvalue weighted by Crippen LogP contribution is -2.49. The van der Waals surface area contributed by atoms with Crippen LogP contribution in [0.4, 0.5) is 10.6 Å². The minimum absolute atomic E-state index is 0.116. The number of sulfonamides is 1. The van der Waals surface area contributed by atoms with Crippen LogP contribution in [0.5, 0.6) is 0 Å². The van der Waals surface area contributed by atoms with E-state index in [2.05, 4.69) is 15.3 Å². The summed E-state index contributed by atoms with van der Waals surface area (Å²) in [5.41, 5.74) is 1.52. The minimum atomic E-state index is -3.73. The van der Waals surface area contributed by atoms with Gasteiger partial charge in [-0.3, -0.25) is 9.78 Å². The fourth-order valence-electron chi connectivity index (χ4n) is 4.52. The van der Waals surface area contributed by atoms with E-state index in [1.54, 1.807) is 29.2 Å². The number of amides is 2. The largest absolute Gasteiger partial charge is 0.444 e. The van der Waals surface area contributed by atoms with E-state index in [4.69, 9.17) is 4.74 Å². The third-order valence-electron chi connectivity index (χ3n) is 6.66. The molecule has 0 bridgehead atoms. The lowest BCUT2D eigenvalue weighted by molar-refractivity contribution is -0.128. The molecule has 1 aromatic carbocycles. The number of ether oxygens (including phenoxy) is 1. The van der Waals surface area contributed by atoms with Gasteiger partial charge in [-0.1, -0.05) is 24.6 Å². The number of carbonyl (C=O) groups is 2. The maximum Gasteiger partial charge on any atom is 0.410 e. The van der Waals surface area contributed by atoms with Gasteiger partial charge in [-0.15, -0.1) is 0 Å². The molecule has 4 rings (SSSR count). The van der Waals surface area contributed by atoms with Gasteiger partial charge in [0, 0.05) is 26.1 Å². The maximum atomic E-state index is 13.1. The van der Waals surface area contributed by atoms with Gasteiger partial charge >= 0.3 is 6.09 Å². The van der Waals surface area contributed by atoms with E-state index in [0.717, 1.165) is 5.56 Å². The van der Waals surface area contributed by atoms with Crippen molar-refractivity contribution in [3.05, 3.63) is 47.4 Å². The maximum absolute atomic E-state index is 13.1. The fraction of sp³-hybridized carbons (Fsp3) is 0.538. The van der Waals surface area contributed by atoms with E-state index < -0.39 is 21.7 Å². The number of nitrogens with one attached hydrogen (secondary N) is 1. The molecule has 200 valence electrons. The van der Waals surface area contributed by atoms with Crippen molar-refractivity contribution in [3.8, 4) is 0 Å². The molecule has 37 heavy (non-hydrogen) atoms. The molecule has 2 aliphatic rings. The molecule has 0 spiro atoms. The highest BCUT2D eigenvalue weighted by Gasteiger charge is 2.36. The highest BCUT2D eigenvalue weighted by Crippen LogP contribution is 2.30. The molecule has 0 saturated carbocycles. The number of fused-ring (bicyclic) bond motifs is 1. The molecule has 1 aromatic heterocycles. The lowest BCUT2D eigenvalue weighted by Gasteiger charge is -2.36. The zero-order valence-corrected chi connectivity index (χ0v) is 22.8. The average Bonchev–Trinajstić information content (AvgIpc) is 3.26. The third-order valence-corrected chi connectivity index (χ3v) is 8.46. The van der Waals surface area contributed by atoms with Crippen LogP contribution in [-0.2, 0) is 32.5 Å². The van der Waals surface area contributed by atoms with E-state index in [1.165, 1.54) is 10.5 Å². The van der Waals surface area contributed by atoms with Crippen molar-refractivity contribution < 1.29 is 22.7 Å². The standard InChI is InChI=1S/C26H35N5O5S/c1-17-6-8-20(9-7-17)37(34,35)31-13-11-22-23(31)27-14-19(29-22)15-28-24(32)21-16-30(12-10-18(21)2)25(33)36-26(3,4)5/h6-9,14,18,21H,10-13,15-16H2,1-5H3,(H,28,32). The summed E-state index contributed by atoms with van der Waals surface area (Å²) in [5.74, 6) is -0.0830. The number of aryl methyl sites for hydroxylation is 1. The minimum Gasteiger partial charge on any atom is -0.444 e. The highest BCUT2D eigenvalue weighted by molar-refractivity contribution is 7.92. The van der Waals surface area contributed by atoms with Crippen molar-refractivity contribution in [2.75, 3.05) is 23.9 Å². The number of rotatable bonds is 5. The van der Waals surface area contributed by atoms with E-state index in [1.807, 2.05) is 34.6 Å². The number of piperidine rings is 1. The van der Waals surface area contributed by atoms with Crippen LogP contribution in [0.2, 0.25) is 0 Å². The summed E-state index contributed by atoms with van der Waals surface area (Å²) >= 11 is 0. The van der Waals surface area contributed by atoms with Crippen molar-refractivity contribution in [2.45, 2.75) is 64.5 Å². The Morgan fingerprint density at radius 2 is 1.86 bits per heavy atom. The van der Waals surface area contributed by atoms with Crippen molar-refractivity contribution in [2.24, 2.45) is 11.8 Å². The number of hydrogen-bond donors (Lipinski definition) is 1. The Kier molecular flexibility index (Phi) is 7.45. The van der Waals surface area contributed by atoms with Crippen LogP contribution < -0.4 is 9.62 Å². The first-order valence-corrected chi connectivity index (χ1v) is 14.0. The second-order valence-electron chi connectivity index (χ2n) is 10.8. The molecule has 0 aliphatic carbocycles. The highest BCUT2D eigenvalue weighted by atomic mass is 32.2. The Bertz CT molecular complexity index is 1270. The van der Waals surface area contributed by atoms with Crippen molar-refractivity contribution in [1.29, 1.82) is 0 Å². The second kappa shape index (κ2) is 10.3. The van der Waals surface area contributed by atoms with Gasteiger partial charge in [-0.05, 0) is 52.2 Å². The Morgan fingerprint density at radius 3 is 2.54 bits per heavy atom. The van der Waals surface area contributed by atoms with Crippen LogP contribution in [0.3, 0.4) is 0 Å². The first-order chi connectivity index (χ1) is 17.3. The zero-order chi connectivity index (χ0) is 27.0. The molecule has 11 heteroatoms. The number of anilines is 1. The number of hydrogen-bond acceptors (Lipinski definition) is 7. The molecule has 2 amide bonds. The number of aromatic nitrogens is 2. The first-order valence-electron chi connectivity index (χ1n) is 12.5. The van der Waals surface area contributed by atoms with Crippen LogP contribution >= 0.6 is 0 Å². The molecule has 10 nitrogen and oxygen atoms in total. The van der Waals surface area contributed by atoms with E-state index in [9.17, 15) is 18.0 Å². The fourth-order valence-corrected chi connectivity index (χ4v) is 5.97. The van der Waals surface area contributed by atoms with Crippen LogP contribution in [0.25, 0.3) is 0 Å². The molecule has 1 saturated heterocycles. The monoisotopic (exact) mass is 529 g/mol. The van der Waals surface area contributed by atoms with E-state index >= 15 is 0 Å². The molecule has 1 fully saturated rings. The summed E-state index contributed by atoms with van der Waals surface area (Å²) in [4.78, 5) is 36.3. The zero-order valence-electron chi connectivity index (χ0n) is 22.0. The summed E-state index contributed by atoms with van der Waals surface area (Å²) < 4.78 is 33.0. The van der Waals surface area contributed by atoms with Gasteiger partial charge < -0.3 is 15.0 Å². The van der Waals surface area contributed by atoms with Crippen LogP contribution in [0.15, 0.2) is 35.4 Å². The topological polar surface area (TPSA) is 122 Å². The molecule has 2 aliphatic heterocycles. The van der Waals surface area contributed by atoms with Crippen LogP contribution in [-0.4, -0.2) is 60.5 Å². The summed E-state index contributed by atoms with van der Waals surface area (Å²) in [5, 5.41) is 2.92. The van der Waals surface area contributed by atoms with Crippen LogP contribution in [0.1, 0.15) is 51.1 Å². The van der Waals surface area contributed by atoms with E-state index in [-0.39, 0.29) is 35.7 Å². The van der Waals surface area contributed by atoms with Gasteiger partial charge in [-0.25, -0.2) is 22.5 Å². The van der Waals surface area contributed by atoms with Gasteiger partial charge in [0.2, 0.25) is 5.91 Å². The average molecular weight is 530 g/mol. The van der Waals surface area contributed by atoms with Gasteiger partial charge in [0.1, 0.15) is 5.60 Å². The molecule has 2 aromatic rings. The predicted octanol–water partition coefficient (Wildman–Crippen LogP) is 3.05. The Labute approximate surface area is 218 Å². The number of benzene rings is 1.